The Hall–Kier alpha value is -3.51. The van der Waals surface area contributed by atoms with Crippen molar-refractivity contribution in [3.05, 3.63) is 53.2 Å². The van der Waals surface area contributed by atoms with E-state index in [1.54, 1.807) is 0 Å². The lowest BCUT2D eigenvalue weighted by atomic mass is 9.99. The molecule has 3 heterocycles. The van der Waals surface area contributed by atoms with Crippen LogP contribution < -0.4 is 9.80 Å². The number of fused-ring (bicyclic) bond motifs is 2. The number of nitrogens with zero attached hydrogens (tertiary/aromatic N) is 6. The van der Waals surface area contributed by atoms with Gasteiger partial charge in [-0.05, 0) is 36.6 Å². The van der Waals surface area contributed by atoms with Crippen LogP contribution >= 0.6 is 11.8 Å². The number of piperazine rings is 1. The normalized spacial score (nSPS) is 17.9. The van der Waals surface area contributed by atoms with Crippen LogP contribution in [-0.2, 0) is 13.0 Å². The number of thioether (sulfide) groups is 1. The summed E-state index contributed by atoms with van der Waals surface area (Å²) in [5.74, 6) is 0.890. The summed E-state index contributed by atoms with van der Waals surface area (Å²) >= 11 is 1.51. The van der Waals surface area contributed by atoms with Crippen LogP contribution in [0.15, 0.2) is 41.6 Å². The van der Waals surface area contributed by atoms with E-state index in [0.29, 0.717) is 31.3 Å². The number of amides is 1. The van der Waals surface area contributed by atoms with Crippen LogP contribution in [0.3, 0.4) is 0 Å². The third kappa shape index (κ3) is 4.34. The molecule has 2 aliphatic rings. The van der Waals surface area contributed by atoms with Crippen LogP contribution in [0.25, 0.3) is 10.8 Å². The molecule has 2 aromatic carbocycles. The summed E-state index contributed by atoms with van der Waals surface area (Å²) in [6.45, 7) is 5.08. The Balaban J connectivity index is 1.49. The third-order valence-electron chi connectivity index (χ3n) is 6.99. The van der Waals surface area contributed by atoms with Gasteiger partial charge >= 0.3 is 6.09 Å². The van der Waals surface area contributed by atoms with E-state index in [0.717, 1.165) is 30.0 Å². The van der Waals surface area contributed by atoms with Gasteiger partial charge in [0.15, 0.2) is 5.16 Å². The van der Waals surface area contributed by atoms with Crippen molar-refractivity contribution in [3.8, 4) is 6.07 Å². The molecule has 35 heavy (non-hydrogen) atoms. The molecule has 9 heteroatoms. The highest BCUT2D eigenvalue weighted by atomic mass is 32.2. The number of aryl methyl sites for hydroxylation is 1. The zero-order valence-electron chi connectivity index (χ0n) is 19.9. The summed E-state index contributed by atoms with van der Waals surface area (Å²) in [7, 11) is 0. The predicted molar refractivity (Wildman–Crippen MR) is 138 cm³/mol. The minimum atomic E-state index is -0.972. The summed E-state index contributed by atoms with van der Waals surface area (Å²) in [6.07, 6.45) is 1.98. The lowest BCUT2D eigenvalue weighted by Gasteiger charge is -2.41. The Labute approximate surface area is 209 Å². The molecule has 0 aliphatic carbocycles. The Morgan fingerprint density at radius 3 is 2.71 bits per heavy atom. The van der Waals surface area contributed by atoms with Crippen molar-refractivity contribution in [1.82, 2.24) is 14.9 Å². The van der Waals surface area contributed by atoms with Crippen LogP contribution in [0.2, 0.25) is 0 Å². The fraction of sp³-hybridized carbons (Fsp3) is 0.385. The molecule has 1 aromatic heterocycles. The van der Waals surface area contributed by atoms with E-state index in [4.69, 9.17) is 9.97 Å². The number of nitriles is 1. The van der Waals surface area contributed by atoms with Gasteiger partial charge in [0.05, 0.1) is 30.8 Å². The first-order chi connectivity index (χ1) is 17.0. The molecule has 0 radical (unpaired) electrons. The van der Waals surface area contributed by atoms with Gasteiger partial charge in [0.2, 0.25) is 0 Å². The molecule has 1 atom stereocenters. The van der Waals surface area contributed by atoms with Crippen molar-refractivity contribution in [2.45, 2.75) is 37.5 Å². The Morgan fingerprint density at radius 2 is 1.97 bits per heavy atom. The van der Waals surface area contributed by atoms with E-state index in [1.165, 1.54) is 38.7 Å². The van der Waals surface area contributed by atoms with Crippen molar-refractivity contribution in [2.24, 2.45) is 0 Å². The average Bonchev–Trinajstić information content (AvgIpc) is 2.87. The number of aromatic nitrogens is 2. The van der Waals surface area contributed by atoms with E-state index in [1.807, 2.05) is 6.26 Å². The maximum Gasteiger partial charge on any atom is 0.407 e. The summed E-state index contributed by atoms with van der Waals surface area (Å²) < 4.78 is 0. The number of carbonyl (C=O) groups is 1. The number of carboxylic acid groups (broad SMARTS) is 1. The van der Waals surface area contributed by atoms with Crippen LogP contribution in [0.4, 0.5) is 16.3 Å². The van der Waals surface area contributed by atoms with Crippen molar-refractivity contribution in [2.75, 3.05) is 42.2 Å². The van der Waals surface area contributed by atoms with Crippen LogP contribution in [0, 0.1) is 18.3 Å². The van der Waals surface area contributed by atoms with E-state index >= 15 is 0 Å². The summed E-state index contributed by atoms with van der Waals surface area (Å²) in [5, 5.41) is 22.1. The molecule has 0 saturated carbocycles. The smallest absolute Gasteiger partial charge is 0.407 e. The molecule has 1 fully saturated rings. The lowest BCUT2D eigenvalue weighted by Crippen LogP contribution is -2.55. The fourth-order valence-corrected chi connectivity index (χ4v) is 5.67. The molecule has 1 unspecified atom stereocenters. The SMILES string of the molecule is CSc1nc2c(c(N3CCN(C(=O)O)C(CC#N)C3)n1)CCN(c1cccc3cccc(C)c13)C2. The van der Waals surface area contributed by atoms with E-state index in [9.17, 15) is 15.2 Å². The molecule has 5 rings (SSSR count). The summed E-state index contributed by atoms with van der Waals surface area (Å²) in [4.78, 5) is 27.4. The highest BCUT2D eigenvalue weighted by Gasteiger charge is 2.33. The number of anilines is 2. The Morgan fingerprint density at radius 1 is 1.17 bits per heavy atom. The van der Waals surface area contributed by atoms with Crippen molar-refractivity contribution in [3.63, 3.8) is 0 Å². The Bertz CT molecular complexity index is 1320. The highest BCUT2D eigenvalue weighted by molar-refractivity contribution is 7.98. The first-order valence-electron chi connectivity index (χ1n) is 11.8. The third-order valence-corrected chi connectivity index (χ3v) is 7.54. The summed E-state index contributed by atoms with van der Waals surface area (Å²) in [6, 6.07) is 14.7. The van der Waals surface area contributed by atoms with Crippen LogP contribution in [0.5, 0.6) is 0 Å². The van der Waals surface area contributed by atoms with Gasteiger partial charge in [-0.3, -0.25) is 0 Å². The van der Waals surface area contributed by atoms with E-state index < -0.39 is 6.09 Å². The van der Waals surface area contributed by atoms with Crippen molar-refractivity contribution < 1.29 is 9.90 Å². The molecule has 2 aliphatic heterocycles. The maximum absolute atomic E-state index is 11.7. The van der Waals surface area contributed by atoms with Crippen molar-refractivity contribution in [1.29, 1.82) is 5.26 Å². The molecule has 0 bridgehead atoms. The number of hydrogen-bond acceptors (Lipinski definition) is 7. The molecule has 8 nitrogen and oxygen atoms in total. The minimum absolute atomic E-state index is 0.166. The van der Waals surface area contributed by atoms with E-state index in [-0.39, 0.29) is 12.5 Å². The fourth-order valence-electron chi connectivity index (χ4n) is 5.30. The predicted octanol–water partition coefficient (Wildman–Crippen LogP) is 4.31. The zero-order valence-corrected chi connectivity index (χ0v) is 20.8. The largest absolute Gasteiger partial charge is 0.465 e. The topological polar surface area (TPSA) is 96.6 Å². The van der Waals surface area contributed by atoms with Crippen LogP contribution in [-0.4, -0.2) is 64.5 Å². The first kappa shape index (κ1) is 23.2. The molecule has 1 amide bonds. The second-order valence-electron chi connectivity index (χ2n) is 9.02. The number of rotatable bonds is 4. The Kier molecular flexibility index (Phi) is 6.39. The van der Waals surface area contributed by atoms with Crippen molar-refractivity contribution >= 4 is 40.1 Å². The van der Waals surface area contributed by atoms with Gasteiger partial charge in [0, 0.05) is 42.8 Å². The molecule has 1 saturated heterocycles. The second-order valence-corrected chi connectivity index (χ2v) is 9.79. The quantitative estimate of drug-likeness (QED) is 0.429. The lowest BCUT2D eigenvalue weighted by molar-refractivity contribution is 0.119. The van der Waals surface area contributed by atoms with E-state index in [2.05, 4.69) is 59.2 Å². The molecule has 180 valence electrons. The number of hydrogen-bond donors (Lipinski definition) is 1. The monoisotopic (exact) mass is 488 g/mol. The van der Waals surface area contributed by atoms with Gasteiger partial charge in [-0.1, -0.05) is 42.1 Å². The standard InChI is InChI=1S/C26H28N6O2S/c1-17-5-3-6-18-7-4-8-22(23(17)18)30-12-10-20-21(16-30)28-25(35-2)29-24(20)31-13-14-32(26(33)34)19(15-31)9-11-27/h3-8,19H,9-10,12-16H2,1-2H3,(H,33,34). The second kappa shape index (κ2) is 9.62. The molecule has 1 N–H and O–H groups in total. The van der Waals surface area contributed by atoms with Gasteiger partial charge in [0.25, 0.3) is 0 Å². The maximum atomic E-state index is 11.7. The molecule has 0 spiro atoms. The van der Waals surface area contributed by atoms with Crippen LogP contribution in [0.1, 0.15) is 23.2 Å². The van der Waals surface area contributed by atoms with Gasteiger partial charge in [-0.2, -0.15) is 5.26 Å². The first-order valence-corrected chi connectivity index (χ1v) is 13.0. The highest BCUT2D eigenvalue weighted by Crippen LogP contribution is 2.35. The van der Waals surface area contributed by atoms with Gasteiger partial charge in [-0.15, -0.1) is 0 Å². The molecule has 3 aromatic rings. The summed E-state index contributed by atoms with van der Waals surface area (Å²) in [5.41, 5.74) is 4.64. The molecular weight excluding hydrogens is 460 g/mol. The van der Waals surface area contributed by atoms with Gasteiger partial charge < -0.3 is 19.8 Å². The minimum Gasteiger partial charge on any atom is -0.465 e. The average molecular weight is 489 g/mol. The van der Waals surface area contributed by atoms with Gasteiger partial charge in [-0.25, -0.2) is 14.8 Å². The molecular formula is C26H28N6O2S. The van der Waals surface area contributed by atoms with Gasteiger partial charge in [0.1, 0.15) is 5.82 Å². The number of benzene rings is 2. The zero-order chi connectivity index (χ0) is 24.5.